The third-order valence-corrected chi connectivity index (χ3v) is 4.51. The third-order valence-electron chi connectivity index (χ3n) is 2.34. The normalized spacial score (nSPS) is 10.3. The van der Waals surface area contributed by atoms with Gasteiger partial charge in [0.15, 0.2) is 0 Å². The minimum Gasteiger partial charge on any atom is -0.389 e. The Labute approximate surface area is 128 Å². The molecule has 0 saturated heterocycles. The lowest BCUT2D eigenvalue weighted by atomic mass is 10.2. The summed E-state index contributed by atoms with van der Waals surface area (Å²) < 4.78 is 1.12. The second-order valence-electron chi connectivity index (χ2n) is 3.62. The Morgan fingerprint density at radius 1 is 1.39 bits per heavy atom. The van der Waals surface area contributed by atoms with Crippen LogP contribution in [0.25, 0.3) is 0 Å². The predicted octanol–water partition coefficient (Wildman–Crippen LogP) is 4.41. The molecule has 2 nitrogen and oxygen atoms in total. The molecule has 0 bridgehead atoms. The van der Waals surface area contributed by atoms with Gasteiger partial charge in [0.25, 0.3) is 0 Å². The number of benzene rings is 1. The highest BCUT2D eigenvalue weighted by Crippen LogP contribution is 2.26. The van der Waals surface area contributed by atoms with Gasteiger partial charge in [-0.15, -0.1) is 11.3 Å². The van der Waals surface area contributed by atoms with Gasteiger partial charge in [0.1, 0.15) is 4.99 Å². The minimum atomic E-state index is 0.352. The number of hydrogen-bond donors (Lipinski definition) is 2. The number of thiocarbonyl (C=S) groups is 1. The zero-order valence-corrected chi connectivity index (χ0v) is 13.2. The zero-order chi connectivity index (χ0) is 13.1. The van der Waals surface area contributed by atoms with Crippen molar-refractivity contribution in [2.75, 3.05) is 5.32 Å². The number of halogens is 2. The fourth-order valence-electron chi connectivity index (χ4n) is 1.44. The molecule has 0 atom stereocenters. The Balaban J connectivity index is 2.08. The lowest BCUT2D eigenvalue weighted by Crippen LogP contribution is -2.09. The summed E-state index contributed by atoms with van der Waals surface area (Å²) in [5.41, 5.74) is 7.20. The van der Waals surface area contributed by atoms with E-state index >= 15 is 0 Å². The molecule has 0 aliphatic heterocycles. The first kappa shape index (κ1) is 13.8. The van der Waals surface area contributed by atoms with E-state index in [0.29, 0.717) is 10.0 Å². The summed E-state index contributed by atoms with van der Waals surface area (Å²) in [4.78, 5) is 1.59. The third kappa shape index (κ3) is 3.45. The van der Waals surface area contributed by atoms with Gasteiger partial charge in [-0.3, -0.25) is 0 Å². The van der Waals surface area contributed by atoms with Gasteiger partial charge in [0.05, 0.1) is 14.5 Å². The molecule has 0 aliphatic carbocycles. The Hall–Kier alpha value is -0.620. The van der Waals surface area contributed by atoms with Gasteiger partial charge in [-0.1, -0.05) is 23.8 Å². The molecular formula is C12H10BrClN2S2. The molecule has 0 aliphatic rings. The van der Waals surface area contributed by atoms with Crippen LogP contribution in [0.2, 0.25) is 5.02 Å². The van der Waals surface area contributed by atoms with Gasteiger partial charge in [-0.05, 0) is 46.3 Å². The maximum Gasteiger partial charge on any atom is 0.104 e. The topological polar surface area (TPSA) is 38.0 Å². The molecule has 18 heavy (non-hydrogen) atoms. The number of thiophene rings is 1. The molecule has 0 spiro atoms. The van der Waals surface area contributed by atoms with Gasteiger partial charge in [0.2, 0.25) is 0 Å². The second kappa shape index (κ2) is 6.02. The van der Waals surface area contributed by atoms with E-state index in [9.17, 15) is 0 Å². The highest BCUT2D eigenvalue weighted by molar-refractivity contribution is 9.11. The highest BCUT2D eigenvalue weighted by Gasteiger charge is 2.04. The predicted molar refractivity (Wildman–Crippen MR) is 86.7 cm³/mol. The van der Waals surface area contributed by atoms with E-state index in [1.54, 1.807) is 17.4 Å². The van der Waals surface area contributed by atoms with E-state index in [0.717, 1.165) is 21.6 Å². The first-order valence-electron chi connectivity index (χ1n) is 5.13. The van der Waals surface area contributed by atoms with Crippen LogP contribution in [0.15, 0.2) is 34.1 Å². The molecule has 6 heteroatoms. The molecule has 1 heterocycles. The Kier molecular flexibility index (Phi) is 4.61. The fraction of sp³-hybridized carbons (Fsp3) is 0.0833. The van der Waals surface area contributed by atoms with Crippen molar-refractivity contribution in [2.24, 2.45) is 5.73 Å². The molecule has 0 fully saturated rings. The van der Waals surface area contributed by atoms with Crippen LogP contribution in [0, 0.1) is 0 Å². The van der Waals surface area contributed by atoms with E-state index in [-0.39, 0.29) is 0 Å². The van der Waals surface area contributed by atoms with Crippen molar-refractivity contribution in [3.05, 3.63) is 49.6 Å². The smallest absolute Gasteiger partial charge is 0.104 e. The standard InChI is InChI=1S/C12H10BrClN2S2/c13-11-4-2-8(18-11)6-16-10-3-1-7(12(15)17)5-9(10)14/h1-5,16H,6H2,(H2,15,17). The molecule has 3 N–H and O–H groups in total. The monoisotopic (exact) mass is 360 g/mol. The van der Waals surface area contributed by atoms with Crippen LogP contribution in [0.3, 0.4) is 0 Å². The highest BCUT2D eigenvalue weighted by atomic mass is 79.9. The molecule has 2 aromatic rings. The fourth-order valence-corrected chi connectivity index (χ4v) is 3.24. The number of nitrogens with one attached hydrogen (secondary N) is 1. The summed E-state index contributed by atoms with van der Waals surface area (Å²) in [6.07, 6.45) is 0. The molecule has 0 radical (unpaired) electrons. The van der Waals surface area contributed by atoms with Crippen LogP contribution in [0.1, 0.15) is 10.4 Å². The van der Waals surface area contributed by atoms with Gasteiger partial charge in [-0.2, -0.15) is 0 Å². The van der Waals surface area contributed by atoms with E-state index < -0.39 is 0 Å². The summed E-state index contributed by atoms with van der Waals surface area (Å²) in [6, 6.07) is 9.62. The maximum atomic E-state index is 6.16. The molecule has 1 aromatic carbocycles. The molecule has 1 aromatic heterocycles. The molecule has 0 amide bonds. The summed E-state index contributed by atoms with van der Waals surface area (Å²) in [5, 5.41) is 3.90. The van der Waals surface area contributed by atoms with Gasteiger partial charge in [-0.25, -0.2) is 0 Å². The molecule has 2 rings (SSSR count). The van der Waals surface area contributed by atoms with E-state index in [4.69, 9.17) is 29.6 Å². The quantitative estimate of drug-likeness (QED) is 0.792. The Morgan fingerprint density at radius 2 is 2.17 bits per heavy atom. The number of nitrogens with two attached hydrogens (primary N) is 1. The lowest BCUT2D eigenvalue weighted by Gasteiger charge is -2.08. The summed E-state index contributed by atoms with van der Waals surface area (Å²) in [7, 11) is 0. The van der Waals surface area contributed by atoms with Crippen molar-refractivity contribution >= 4 is 61.8 Å². The number of anilines is 1. The van der Waals surface area contributed by atoms with Crippen LogP contribution in [0.5, 0.6) is 0 Å². The Morgan fingerprint density at radius 3 is 2.72 bits per heavy atom. The van der Waals surface area contributed by atoms with Crippen LogP contribution in [0.4, 0.5) is 5.69 Å². The minimum absolute atomic E-state index is 0.352. The van der Waals surface area contributed by atoms with Crippen molar-refractivity contribution in [2.45, 2.75) is 6.54 Å². The van der Waals surface area contributed by atoms with Crippen LogP contribution < -0.4 is 11.1 Å². The Bertz CT molecular complexity index is 583. The van der Waals surface area contributed by atoms with E-state index in [2.05, 4.69) is 27.3 Å². The molecule has 0 saturated carbocycles. The van der Waals surface area contributed by atoms with Gasteiger partial charge >= 0.3 is 0 Å². The van der Waals surface area contributed by atoms with Crippen molar-refractivity contribution in [3.8, 4) is 0 Å². The SMILES string of the molecule is NC(=S)c1ccc(NCc2ccc(Br)s2)c(Cl)c1. The summed E-state index contributed by atoms with van der Waals surface area (Å²) >= 11 is 16.2. The lowest BCUT2D eigenvalue weighted by molar-refractivity contribution is 1.19. The maximum absolute atomic E-state index is 6.16. The second-order valence-corrected chi connectivity index (χ2v) is 7.01. The number of rotatable bonds is 4. The molecular weight excluding hydrogens is 352 g/mol. The van der Waals surface area contributed by atoms with Gasteiger partial charge in [0, 0.05) is 17.0 Å². The van der Waals surface area contributed by atoms with E-state index in [1.807, 2.05) is 18.2 Å². The van der Waals surface area contributed by atoms with Crippen LogP contribution >= 0.6 is 51.1 Å². The van der Waals surface area contributed by atoms with Gasteiger partial charge < -0.3 is 11.1 Å². The molecule has 94 valence electrons. The largest absolute Gasteiger partial charge is 0.389 e. The summed E-state index contributed by atoms with van der Waals surface area (Å²) in [6.45, 7) is 0.738. The number of hydrogen-bond acceptors (Lipinski definition) is 3. The van der Waals surface area contributed by atoms with Crippen molar-refractivity contribution in [3.63, 3.8) is 0 Å². The zero-order valence-electron chi connectivity index (χ0n) is 9.24. The van der Waals surface area contributed by atoms with Crippen LogP contribution in [-0.2, 0) is 6.54 Å². The van der Waals surface area contributed by atoms with Crippen molar-refractivity contribution in [1.29, 1.82) is 0 Å². The summed E-state index contributed by atoms with van der Waals surface area (Å²) in [5.74, 6) is 0. The molecule has 0 unspecified atom stereocenters. The average Bonchev–Trinajstić information content (AvgIpc) is 2.73. The first-order chi connectivity index (χ1) is 8.56. The van der Waals surface area contributed by atoms with E-state index in [1.165, 1.54) is 4.88 Å². The van der Waals surface area contributed by atoms with Crippen molar-refractivity contribution in [1.82, 2.24) is 0 Å². The average molecular weight is 362 g/mol. The van der Waals surface area contributed by atoms with Crippen molar-refractivity contribution < 1.29 is 0 Å². The van der Waals surface area contributed by atoms with Crippen LogP contribution in [-0.4, -0.2) is 4.99 Å². The first-order valence-corrected chi connectivity index (χ1v) is 7.53.